The standard InChI is InChI=1S/C16H25NO2/c1-6-18-13-9-7-12(8-10-13)17-14-11-15(2,3)19-16(14,4)5/h7-10,14,17H,6,11H2,1-5H3. The van der Waals surface area contributed by atoms with Gasteiger partial charge >= 0.3 is 0 Å². The van der Waals surface area contributed by atoms with Gasteiger partial charge < -0.3 is 14.8 Å². The van der Waals surface area contributed by atoms with Gasteiger partial charge in [0.05, 0.1) is 23.9 Å². The minimum Gasteiger partial charge on any atom is -0.494 e. The predicted octanol–water partition coefficient (Wildman–Crippen LogP) is 3.84. The minimum absolute atomic E-state index is 0.0631. The molecule has 0 radical (unpaired) electrons. The summed E-state index contributed by atoms with van der Waals surface area (Å²) in [6, 6.07) is 8.44. The van der Waals surface area contributed by atoms with E-state index in [4.69, 9.17) is 9.47 Å². The number of hydrogen-bond acceptors (Lipinski definition) is 3. The lowest BCUT2D eigenvalue weighted by Gasteiger charge is -2.28. The molecular weight excluding hydrogens is 238 g/mol. The van der Waals surface area contributed by atoms with E-state index in [1.807, 2.05) is 19.1 Å². The van der Waals surface area contributed by atoms with Gasteiger partial charge in [-0.25, -0.2) is 0 Å². The van der Waals surface area contributed by atoms with Crippen molar-refractivity contribution in [3.05, 3.63) is 24.3 Å². The Bertz CT molecular complexity index is 423. The van der Waals surface area contributed by atoms with Crippen molar-refractivity contribution in [2.45, 2.75) is 58.3 Å². The molecule has 0 saturated carbocycles. The van der Waals surface area contributed by atoms with Gasteiger partial charge in [-0.1, -0.05) is 0 Å². The van der Waals surface area contributed by atoms with Crippen molar-refractivity contribution in [2.24, 2.45) is 0 Å². The molecule has 3 nitrogen and oxygen atoms in total. The molecular formula is C16H25NO2. The first-order valence-corrected chi connectivity index (χ1v) is 7.02. The van der Waals surface area contributed by atoms with Crippen molar-refractivity contribution in [3.63, 3.8) is 0 Å². The lowest BCUT2D eigenvalue weighted by Crippen LogP contribution is -2.38. The van der Waals surface area contributed by atoms with Crippen LogP contribution in [0.25, 0.3) is 0 Å². The number of benzene rings is 1. The maximum Gasteiger partial charge on any atom is 0.119 e. The van der Waals surface area contributed by atoms with Crippen molar-refractivity contribution < 1.29 is 9.47 Å². The molecule has 0 aliphatic carbocycles. The lowest BCUT2D eigenvalue weighted by atomic mass is 9.94. The van der Waals surface area contributed by atoms with E-state index in [1.54, 1.807) is 0 Å². The molecule has 0 amide bonds. The third kappa shape index (κ3) is 3.41. The van der Waals surface area contributed by atoms with Crippen LogP contribution in [0.3, 0.4) is 0 Å². The molecule has 2 rings (SSSR count). The highest BCUT2D eigenvalue weighted by Gasteiger charge is 2.45. The summed E-state index contributed by atoms with van der Waals surface area (Å²) in [4.78, 5) is 0. The van der Waals surface area contributed by atoms with Crippen LogP contribution in [0.4, 0.5) is 5.69 Å². The van der Waals surface area contributed by atoms with Gasteiger partial charge in [0.15, 0.2) is 0 Å². The summed E-state index contributed by atoms with van der Waals surface area (Å²) in [6.45, 7) is 11.3. The Balaban J connectivity index is 2.05. The summed E-state index contributed by atoms with van der Waals surface area (Å²) in [5.41, 5.74) is 0.900. The minimum atomic E-state index is -0.151. The molecule has 1 aromatic rings. The fourth-order valence-electron chi connectivity index (χ4n) is 2.80. The van der Waals surface area contributed by atoms with Crippen LogP contribution in [0.1, 0.15) is 41.0 Å². The average molecular weight is 263 g/mol. The second-order valence-electron chi connectivity index (χ2n) is 6.32. The number of anilines is 1. The van der Waals surface area contributed by atoms with E-state index in [9.17, 15) is 0 Å². The van der Waals surface area contributed by atoms with Crippen molar-refractivity contribution in [1.29, 1.82) is 0 Å². The number of rotatable bonds is 4. The van der Waals surface area contributed by atoms with Crippen LogP contribution in [0.5, 0.6) is 5.75 Å². The van der Waals surface area contributed by atoms with Gasteiger partial charge in [0, 0.05) is 5.69 Å². The smallest absolute Gasteiger partial charge is 0.119 e. The lowest BCUT2D eigenvalue weighted by molar-refractivity contribution is -0.0662. The topological polar surface area (TPSA) is 30.5 Å². The summed E-state index contributed by atoms with van der Waals surface area (Å²) < 4.78 is 11.5. The highest BCUT2D eigenvalue weighted by molar-refractivity contribution is 5.48. The second-order valence-corrected chi connectivity index (χ2v) is 6.32. The van der Waals surface area contributed by atoms with Crippen LogP contribution in [0.15, 0.2) is 24.3 Å². The van der Waals surface area contributed by atoms with Crippen LogP contribution >= 0.6 is 0 Å². The molecule has 1 fully saturated rings. The highest BCUT2D eigenvalue weighted by Crippen LogP contribution is 2.38. The zero-order valence-corrected chi connectivity index (χ0v) is 12.6. The molecule has 1 unspecified atom stereocenters. The van der Waals surface area contributed by atoms with Crippen molar-refractivity contribution in [1.82, 2.24) is 0 Å². The largest absolute Gasteiger partial charge is 0.494 e. The summed E-state index contributed by atoms with van der Waals surface area (Å²) >= 11 is 0. The third-order valence-corrected chi connectivity index (χ3v) is 3.58. The second kappa shape index (κ2) is 5.04. The molecule has 1 aliphatic rings. The normalized spacial score (nSPS) is 24.2. The average Bonchev–Trinajstić information content (AvgIpc) is 2.50. The van der Waals surface area contributed by atoms with E-state index in [0.717, 1.165) is 17.9 Å². The number of ether oxygens (including phenoxy) is 2. The van der Waals surface area contributed by atoms with Crippen LogP contribution in [0.2, 0.25) is 0 Å². The number of hydrogen-bond donors (Lipinski definition) is 1. The van der Waals surface area contributed by atoms with Crippen molar-refractivity contribution in [2.75, 3.05) is 11.9 Å². The Hall–Kier alpha value is -1.22. The van der Waals surface area contributed by atoms with Crippen LogP contribution in [-0.4, -0.2) is 23.9 Å². The summed E-state index contributed by atoms with van der Waals surface area (Å²) in [6.07, 6.45) is 1.01. The van der Waals surface area contributed by atoms with Crippen molar-refractivity contribution in [3.8, 4) is 5.75 Å². The Kier molecular flexibility index (Phi) is 3.77. The molecule has 19 heavy (non-hydrogen) atoms. The molecule has 1 aliphatic heterocycles. The molecule has 1 heterocycles. The van der Waals surface area contributed by atoms with Gasteiger partial charge in [0.2, 0.25) is 0 Å². The Morgan fingerprint density at radius 2 is 1.84 bits per heavy atom. The fraction of sp³-hybridized carbons (Fsp3) is 0.625. The quantitative estimate of drug-likeness (QED) is 0.895. The van der Waals surface area contributed by atoms with Gasteiger partial charge in [0.1, 0.15) is 5.75 Å². The van der Waals surface area contributed by atoms with Gasteiger partial charge in [-0.15, -0.1) is 0 Å². The third-order valence-electron chi connectivity index (χ3n) is 3.58. The fourth-order valence-corrected chi connectivity index (χ4v) is 2.80. The molecule has 1 aromatic carbocycles. The predicted molar refractivity (Wildman–Crippen MR) is 78.9 cm³/mol. The van der Waals surface area contributed by atoms with E-state index >= 15 is 0 Å². The van der Waals surface area contributed by atoms with Gasteiger partial charge in [-0.3, -0.25) is 0 Å². The van der Waals surface area contributed by atoms with Gasteiger partial charge in [0.25, 0.3) is 0 Å². The molecule has 0 spiro atoms. The van der Waals surface area contributed by atoms with E-state index in [0.29, 0.717) is 12.6 Å². The maximum absolute atomic E-state index is 6.10. The molecule has 1 atom stereocenters. The van der Waals surface area contributed by atoms with E-state index in [1.165, 1.54) is 0 Å². The maximum atomic E-state index is 6.10. The van der Waals surface area contributed by atoms with E-state index in [-0.39, 0.29) is 11.2 Å². The SMILES string of the molecule is CCOc1ccc(NC2CC(C)(C)OC2(C)C)cc1. The Morgan fingerprint density at radius 1 is 1.21 bits per heavy atom. The van der Waals surface area contributed by atoms with Crippen LogP contribution in [-0.2, 0) is 4.74 Å². The van der Waals surface area contributed by atoms with Crippen LogP contribution < -0.4 is 10.1 Å². The van der Waals surface area contributed by atoms with Gasteiger partial charge in [-0.2, -0.15) is 0 Å². The van der Waals surface area contributed by atoms with E-state index in [2.05, 4.69) is 45.1 Å². The monoisotopic (exact) mass is 263 g/mol. The molecule has 0 aromatic heterocycles. The molecule has 1 N–H and O–H groups in total. The first-order valence-electron chi connectivity index (χ1n) is 7.02. The summed E-state index contributed by atoms with van der Waals surface area (Å²) in [5.74, 6) is 0.912. The molecule has 1 saturated heterocycles. The Labute approximate surface area is 116 Å². The highest BCUT2D eigenvalue weighted by atomic mass is 16.5. The molecule has 0 bridgehead atoms. The first-order chi connectivity index (χ1) is 8.82. The zero-order valence-electron chi connectivity index (χ0n) is 12.6. The summed E-state index contributed by atoms with van der Waals surface area (Å²) in [5, 5.41) is 3.58. The van der Waals surface area contributed by atoms with Crippen molar-refractivity contribution >= 4 is 5.69 Å². The van der Waals surface area contributed by atoms with Gasteiger partial charge in [-0.05, 0) is 65.3 Å². The molecule has 3 heteroatoms. The summed E-state index contributed by atoms with van der Waals surface area (Å²) in [7, 11) is 0. The Morgan fingerprint density at radius 3 is 2.32 bits per heavy atom. The number of nitrogens with one attached hydrogen (secondary N) is 1. The zero-order chi connectivity index (χ0) is 14.1. The first kappa shape index (κ1) is 14.2. The molecule has 106 valence electrons. The van der Waals surface area contributed by atoms with Crippen LogP contribution in [0, 0.1) is 0 Å². The van der Waals surface area contributed by atoms with E-state index < -0.39 is 0 Å².